The van der Waals surface area contributed by atoms with Crippen LogP contribution in [-0.2, 0) is 6.42 Å². The summed E-state index contributed by atoms with van der Waals surface area (Å²) in [6.45, 7) is 0. The SMILES string of the molecule is c1cccc(-c2cccc(-c3ccccc3)c2-c2sc(-c3ccccc3-c3ccccc3)c3c2CCC=C3)c#1. The molecule has 184 valence electrons. The zero-order valence-corrected chi connectivity index (χ0v) is 22.3. The standard InChI is InChI=1S/C38H26S/c1-4-15-27(16-5-1)30-21-10-11-22-33(30)37-34-23-12-13-24-35(34)38(39-37)36-31(28-17-6-2-7-18-28)25-14-26-32(36)29-19-8-3-9-20-29/h1-8,10-12,14-19,21-23,25-26H,13,24H2. The van der Waals surface area contributed by atoms with Crippen molar-refractivity contribution in [2.24, 2.45) is 0 Å². The molecule has 0 fully saturated rings. The first-order valence-corrected chi connectivity index (χ1v) is 14.2. The molecule has 0 amide bonds. The monoisotopic (exact) mass is 514 g/mol. The molecule has 0 unspecified atom stereocenters. The van der Waals surface area contributed by atoms with Crippen LogP contribution in [0.3, 0.4) is 0 Å². The first kappa shape index (κ1) is 23.5. The molecule has 39 heavy (non-hydrogen) atoms. The third-order valence-corrected chi connectivity index (χ3v) is 8.76. The highest BCUT2D eigenvalue weighted by molar-refractivity contribution is 7.19. The van der Waals surface area contributed by atoms with Crippen molar-refractivity contribution in [3.05, 3.63) is 151 Å². The minimum absolute atomic E-state index is 1.04. The summed E-state index contributed by atoms with van der Waals surface area (Å²) in [5.41, 5.74) is 12.7. The minimum atomic E-state index is 1.04. The van der Waals surface area contributed by atoms with Gasteiger partial charge in [-0.15, -0.1) is 11.3 Å². The van der Waals surface area contributed by atoms with Crippen molar-refractivity contribution in [2.45, 2.75) is 12.8 Å². The Bertz CT molecular complexity index is 1720. The van der Waals surface area contributed by atoms with E-state index >= 15 is 0 Å². The van der Waals surface area contributed by atoms with Gasteiger partial charge in [-0.25, -0.2) is 0 Å². The number of hydrogen-bond donors (Lipinski definition) is 0. The second kappa shape index (κ2) is 10.3. The summed E-state index contributed by atoms with van der Waals surface area (Å²) in [4.78, 5) is 2.70. The highest BCUT2D eigenvalue weighted by Gasteiger charge is 2.25. The summed E-state index contributed by atoms with van der Waals surface area (Å²) in [7, 11) is 0. The lowest BCUT2D eigenvalue weighted by molar-refractivity contribution is 0.996. The zero-order valence-electron chi connectivity index (χ0n) is 21.5. The van der Waals surface area contributed by atoms with Crippen molar-refractivity contribution in [1.29, 1.82) is 0 Å². The van der Waals surface area contributed by atoms with Crippen LogP contribution in [0.2, 0.25) is 0 Å². The number of rotatable bonds is 5. The van der Waals surface area contributed by atoms with E-state index in [1.54, 1.807) is 0 Å². The maximum Gasteiger partial charge on any atom is 0.0430 e. The normalized spacial score (nSPS) is 12.1. The van der Waals surface area contributed by atoms with Gasteiger partial charge in [0.15, 0.2) is 0 Å². The quantitative estimate of drug-likeness (QED) is 0.215. The van der Waals surface area contributed by atoms with Gasteiger partial charge in [0.05, 0.1) is 0 Å². The van der Waals surface area contributed by atoms with E-state index in [4.69, 9.17) is 0 Å². The molecule has 0 nitrogen and oxygen atoms in total. The molecule has 0 atom stereocenters. The second-order valence-corrected chi connectivity index (χ2v) is 10.8. The fraction of sp³-hybridized carbons (Fsp3) is 0.0526. The highest BCUT2D eigenvalue weighted by atomic mass is 32.1. The van der Waals surface area contributed by atoms with E-state index in [9.17, 15) is 0 Å². The van der Waals surface area contributed by atoms with Crippen LogP contribution in [0.1, 0.15) is 17.5 Å². The predicted octanol–water partition coefficient (Wildman–Crippen LogP) is 10.6. The van der Waals surface area contributed by atoms with E-state index in [1.165, 1.54) is 59.8 Å². The lowest BCUT2D eigenvalue weighted by atomic mass is 9.87. The van der Waals surface area contributed by atoms with Crippen LogP contribution in [0.4, 0.5) is 0 Å². The summed E-state index contributed by atoms with van der Waals surface area (Å²) >= 11 is 1.93. The summed E-state index contributed by atoms with van der Waals surface area (Å²) in [5.74, 6) is 0. The molecule has 1 aliphatic carbocycles. The zero-order chi connectivity index (χ0) is 26.0. The summed E-state index contributed by atoms with van der Waals surface area (Å²) in [6, 6.07) is 49.7. The van der Waals surface area contributed by atoms with Gasteiger partial charge < -0.3 is 0 Å². The summed E-state index contributed by atoms with van der Waals surface area (Å²) in [5, 5.41) is 0. The first-order valence-electron chi connectivity index (χ1n) is 13.4. The molecule has 1 heteroatoms. The van der Waals surface area contributed by atoms with Gasteiger partial charge in [-0.3, -0.25) is 0 Å². The van der Waals surface area contributed by atoms with Crippen LogP contribution in [0.25, 0.3) is 60.3 Å². The molecule has 0 aliphatic heterocycles. The average molecular weight is 515 g/mol. The Labute approximate surface area is 234 Å². The molecule has 7 rings (SSSR count). The summed E-state index contributed by atoms with van der Waals surface area (Å²) < 4.78 is 0. The second-order valence-electron chi connectivity index (χ2n) is 9.81. The van der Waals surface area contributed by atoms with Gasteiger partial charge in [-0.2, -0.15) is 0 Å². The van der Waals surface area contributed by atoms with Crippen LogP contribution in [0, 0.1) is 12.1 Å². The fourth-order valence-electron chi connectivity index (χ4n) is 5.67. The minimum Gasteiger partial charge on any atom is -0.134 e. The van der Waals surface area contributed by atoms with E-state index in [1.807, 2.05) is 17.4 Å². The molecular weight excluding hydrogens is 488 g/mol. The van der Waals surface area contributed by atoms with Crippen molar-refractivity contribution in [1.82, 2.24) is 0 Å². The number of allylic oxidation sites excluding steroid dienone is 1. The van der Waals surface area contributed by atoms with E-state index in [-0.39, 0.29) is 0 Å². The molecule has 0 spiro atoms. The van der Waals surface area contributed by atoms with Crippen molar-refractivity contribution < 1.29 is 0 Å². The first-order chi connectivity index (χ1) is 19.4. The molecule has 0 N–H and O–H groups in total. The van der Waals surface area contributed by atoms with Crippen molar-refractivity contribution >= 4 is 17.4 Å². The van der Waals surface area contributed by atoms with Crippen LogP contribution >= 0.6 is 11.3 Å². The van der Waals surface area contributed by atoms with E-state index in [0.29, 0.717) is 0 Å². The molecule has 0 saturated heterocycles. The number of hydrogen-bond acceptors (Lipinski definition) is 1. The molecule has 0 radical (unpaired) electrons. The molecule has 1 aromatic heterocycles. The van der Waals surface area contributed by atoms with Crippen LogP contribution in [-0.4, -0.2) is 0 Å². The largest absolute Gasteiger partial charge is 0.134 e. The van der Waals surface area contributed by atoms with Crippen molar-refractivity contribution in [3.8, 4) is 54.3 Å². The third-order valence-electron chi connectivity index (χ3n) is 7.47. The van der Waals surface area contributed by atoms with Crippen LogP contribution in [0.5, 0.6) is 0 Å². The number of thiophene rings is 1. The maximum absolute atomic E-state index is 3.39. The summed E-state index contributed by atoms with van der Waals surface area (Å²) in [6.07, 6.45) is 6.78. The van der Waals surface area contributed by atoms with E-state index < -0.39 is 0 Å². The van der Waals surface area contributed by atoms with Gasteiger partial charge in [0.25, 0.3) is 0 Å². The molecule has 5 aromatic carbocycles. The van der Waals surface area contributed by atoms with Gasteiger partial charge in [0, 0.05) is 26.4 Å². The van der Waals surface area contributed by atoms with Crippen LogP contribution in [0.15, 0.2) is 127 Å². The number of benzene rings is 4. The van der Waals surface area contributed by atoms with E-state index in [0.717, 1.165) is 18.4 Å². The predicted molar refractivity (Wildman–Crippen MR) is 167 cm³/mol. The average Bonchev–Trinajstić information content (AvgIpc) is 3.41. The molecule has 0 saturated carbocycles. The van der Waals surface area contributed by atoms with Crippen LogP contribution < -0.4 is 0 Å². The Morgan fingerprint density at radius 2 is 1.23 bits per heavy atom. The van der Waals surface area contributed by atoms with E-state index in [2.05, 4.69) is 140 Å². The smallest absolute Gasteiger partial charge is 0.0430 e. The Hall–Kier alpha value is -4.64. The van der Waals surface area contributed by atoms with Gasteiger partial charge in [-0.1, -0.05) is 133 Å². The Morgan fingerprint density at radius 3 is 1.97 bits per heavy atom. The fourth-order valence-corrected chi connectivity index (χ4v) is 7.12. The van der Waals surface area contributed by atoms with Crippen molar-refractivity contribution in [3.63, 3.8) is 0 Å². The van der Waals surface area contributed by atoms with Crippen molar-refractivity contribution in [2.75, 3.05) is 0 Å². The molecule has 6 aromatic rings. The lowest BCUT2D eigenvalue weighted by Gasteiger charge is -2.17. The molecular formula is C38H26S. The highest BCUT2D eigenvalue weighted by Crippen LogP contribution is 2.51. The van der Waals surface area contributed by atoms with Gasteiger partial charge in [0.2, 0.25) is 0 Å². The molecule has 1 aliphatic rings. The molecule has 0 bridgehead atoms. The Balaban J connectivity index is 1.53. The maximum atomic E-state index is 3.39. The Morgan fingerprint density at radius 1 is 0.564 bits per heavy atom. The lowest BCUT2D eigenvalue weighted by Crippen LogP contribution is -1.96. The molecule has 1 heterocycles. The van der Waals surface area contributed by atoms with Gasteiger partial charge in [0.1, 0.15) is 0 Å². The Kier molecular flexibility index (Phi) is 6.17. The number of fused-ring (bicyclic) bond motifs is 1. The van der Waals surface area contributed by atoms with Gasteiger partial charge >= 0.3 is 0 Å². The van der Waals surface area contributed by atoms with Gasteiger partial charge in [-0.05, 0) is 63.9 Å². The third kappa shape index (κ3) is 4.30. The topological polar surface area (TPSA) is 0 Å².